The Morgan fingerprint density at radius 3 is 1.10 bits per heavy atom. The first-order valence-electron chi connectivity index (χ1n) is 6.20. The third-order valence-electron chi connectivity index (χ3n) is 2.07. The maximum Gasteiger partial charge on any atom is 0 e. The summed E-state index contributed by atoms with van der Waals surface area (Å²) >= 11 is 0. The minimum absolute atomic E-state index is 0. The van der Waals surface area contributed by atoms with Gasteiger partial charge in [0, 0.05) is 33.6 Å². The Bertz CT molecular complexity index is 489. The van der Waals surface area contributed by atoms with E-state index in [9.17, 15) is 0 Å². The van der Waals surface area contributed by atoms with Gasteiger partial charge in [-0.2, -0.15) is 0 Å². The zero-order valence-corrected chi connectivity index (χ0v) is 16.9. The number of terminal acetylenes is 2. The quantitative estimate of drug-likeness (QED) is 0.331. The second-order valence-electron chi connectivity index (χ2n) is 3.23. The third-order valence-corrected chi connectivity index (χ3v) is 2.07. The maximum atomic E-state index is 7.50. The van der Waals surface area contributed by atoms with E-state index in [-0.39, 0.29) is 45.8 Å². The average molecular weight is 488 g/mol. The molecule has 0 N–H and O–H groups in total. The summed E-state index contributed by atoms with van der Waals surface area (Å²) in [7, 11) is 0. The van der Waals surface area contributed by atoms with E-state index in [2.05, 4.69) is 63.6 Å². The van der Waals surface area contributed by atoms with E-state index in [0.717, 1.165) is 19.3 Å². The molecule has 2 radical (unpaired) electrons. The molecule has 2 atom stereocenters. The van der Waals surface area contributed by atoms with Crippen LogP contribution < -0.4 is 0 Å². The van der Waals surface area contributed by atoms with Crippen LogP contribution in [0, 0.1) is 76.4 Å². The van der Waals surface area contributed by atoms with Crippen molar-refractivity contribution in [2.75, 3.05) is 13.2 Å². The second-order valence-corrected chi connectivity index (χ2v) is 3.23. The van der Waals surface area contributed by atoms with Gasteiger partial charge in [-0.05, 0) is 19.3 Å². The van der Waals surface area contributed by atoms with Crippen molar-refractivity contribution in [1.29, 1.82) is 0 Å². The van der Waals surface area contributed by atoms with Crippen LogP contribution in [0.4, 0.5) is 0 Å². The van der Waals surface area contributed by atoms with Crippen LogP contribution in [0.15, 0.2) is 0 Å². The Morgan fingerprint density at radius 2 is 0.897 bits per heavy atom. The molecule has 0 bridgehead atoms. The number of ether oxygens (including phenoxy) is 2. The van der Waals surface area contributed by atoms with Gasteiger partial charge in [0.2, 0.25) is 0 Å². The normalized spacial score (nSPS) is 12.9. The summed E-state index contributed by atoms with van der Waals surface area (Å²) in [6, 6.07) is 0. The molecular formula is C19H14Co2O8. The fourth-order valence-electron chi connectivity index (χ4n) is 1.37. The molecule has 1 aliphatic rings. The SMILES string of the molecule is C#CCO[C@@H]1C#C[C@H](OCC#C)CCC1.[C-]#[O+].[C-]#[O+].[C-]#[O+].[C-]#[O+].[C-]#[O+].[C-]#[O+].[Co].[Co]. The van der Waals surface area contributed by atoms with Gasteiger partial charge in [-0.15, -0.1) is 12.8 Å². The van der Waals surface area contributed by atoms with Gasteiger partial charge in [0.15, 0.2) is 0 Å². The largest absolute Gasteiger partial charge is 0 e. The molecule has 0 aromatic rings. The van der Waals surface area contributed by atoms with Crippen molar-refractivity contribution >= 4 is 0 Å². The Kier molecular flexibility index (Phi) is 126. The standard InChI is InChI=1S/C13H14O2.6CO.2Co/c1-3-10-14-12-6-5-7-13(9-8-12)15-11-4-2;6*1-2;;/h1-2,12-13H,5-7,10-11H2;;;;;;;;/t12-,13+;;;;;;;;. The first-order chi connectivity index (χ1) is 13.4. The molecule has 0 saturated heterocycles. The summed E-state index contributed by atoms with van der Waals surface area (Å²) in [5.74, 6) is 10.9. The van der Waals surface area contributed by atoms with Crippen LogP contribution in [-0.4, -0.2) is 25.4 Å². The van der Waals surface area contributed by atoms with E-state index in [1.807, 2.05) is 0 Å². The summed E-state index contributed by atoms with van der Waals surface area (Å²) in [5, 5.41) is 0. The predicted molar refractivity (Wildman–Crippen MR) is 82.4 cm³/mol. The van der Waals surface area contributed by atoms with Crippen molar-refractivity contribution in [3.8, 4) is 36.5 Å². The van der Waals surface area contributed by atoms with Crippen LogP contribution in [-0.2, 0) is 70.9 Å². The van der Waals surface area contributed by atoms with Gasteiger partial charge in [0.25, 0.3) is 0 Å². The van der Waals surface area contributed by atoms with Gasteiger partial charge in [-0.3, -0.25) is 0 Å². The van der Waals surface area contributed by atoms with Crippen LogP contribution in [0.25, 0.3) is 0 Å². The molecule has 0 aromatic heterocycles. The zero-order valence-electron chi connectivity index (χ0n) is 14.8. The Balaban J connectivity index is -0.0000000453. The molecule has 1 rings (SSSR count). The molecule has 8 nitrogen and oxygen atoms in total. The molecule has 0 amide bonds. The van der Waals surface area contributed by atoms with E-state index in [4.69, 9.17) is 50.2 Å². The Hall–Kier alpha value is -1.95. The summed E-state index contributed by atoms with van der Waals surface area (Å²) in [5.41, 5.74) is 0. The maximum absolute atomic E-state index is 7.50. The monoisotopic (exact) mass is 488 g/mol. The Morgan fingerprint density at radius 1 is 0.655 bits per heavy atom. The third kappa shape index (κ3) is 51.8. The minimum Gasteiger partial charge on any atom is 0 e. The van der Waals surface area contributed by atoms with Gasteiger partial charge < -0.3 is 9.47 Å². The summed E-state index contributed by atoms with van der Waals surface area (Å²) in [6.45, 7) is 27.6. The van der Waals surface area contributed by atoms with Crippen molar-refractivity contribution in [2.24, 2.45) is 0 Å². The molecule has 0 spiro atoms. The molecule has 0 unspecified atom stereocenters. The second kappa shape index (κ2) is 72.2. The first kappa shape index (κ1) is 50.6. The van der Waals surface area contributed by atoms with Gasteiger partial charge in [0.05, 0.1) is 0 Å². The van der Waals surface area contributed by atoms with E-state index in [1.54, 1.807) is 0 Å². The fraction of sp³-hybridized carbons (Fsp3) is 0.368. The van der Waals surface area contributed by atoms with E-state index in [0.29, 0.717) is 13.2 Å². The summed E-state index contributed by atoms with van der Waals surface area (Å²) < 4.78 is 55.7. The van der Waals surface area contributed by atoms with Crippen molar-refractivity contribution in [2.45, 2.75) is 31.5 Å². The van der Waals surface area contributed by atoms with Gasteiger partial charge >= 0.3 is 67.8 Å². The van der Waals surface area contributed by atoms with Crippen LogP contribution in [0.2, 0.25) is 0 Å². The average Bonchev–Trinajstić information content (AvgIpc) is 3.04. The summed E-state index contributed by atoms with van der Waals surface area (Å²) in [4.78, 5) is 0. The van der Waals surface area contributed by atoms with Crippen molar-refractivity contribution in [3.05, 3.63) is 39.9 Å². The van der Waals surface area contributed by atoms with E-state index in [1.165, 1.54) is 0 Å². The van der Waals surface area contributed by atoms with E-state index >= 15 is 0 Å². The molecular weight excluding hydrogens is 474 g/mol. The molecule has 0 heterocycles. The molecule has 0 aromatic carbocycles. The molecule has 156 valence electrons. The first-order valence-corrected chi connectivity index (χ1v) is 6.20. The zero-order chi connectivity index (χ0) is 22.9. The van der Waals surface area contributed by atoms with Crippen LogP contribution in [0.5, 0.6) is 0 Å². The predicted octanol–water partition coefficient (Wildman–Crippen LogP) is 0.980. The summed E-state index contributed by atoms with van der Waals surface area (Å²) in [6.07, 6.45) is 12.9. The molecule has 0 saturated carbocycles. The molecule has 10 heteroatoms. The molecule has 0 aliphatic heterocycles. The van der Waals surface area contributed by atoms with Crippen molar-refractivity contribution < 1.29 is 70.9 Å². The smallest absolute Gasteiger partial charge is 0 e. The number of rotatable bonds is 4. The van der Waals surface area contributed by atoms with E-state index < -0.39 is 0 Å². The van der Waals surface area contributed by atoms with Crippen LogP contribution in [0.1, 0.15) is 19.3 Å². The van der Waals surface area contributed by atoms with Crippen molar-refractivity contribution in [3.63, 3.8) is 0 Å². The minimum atomic E-state index is -0.0551. The van der Waals surface area contributed by atoms with Crippen LogP contribution in [0.3, 0.4) is 0 Å². The molecule has 1 aliphatic carbocycles. The molecule has 29 heavy (non-hydrogen) atoms. The Labute approximate surface area is 191 Å². The topological polar surface area (TPSA) is 138 Å². The van der Waals surface area contributed by atoms with Gasteiger partial charge in [0.1, 0.15) is 25.4 Å². The van der Waals surface area contributed by atoms with Gasteiger partial charge in [-0.1, -0.05) is 23.7 Å². The number of hydrogen-bond donors (Lipinski definition) is 0. The fourth-order valence-corrected chi connectivity index (χ4v) is 1.37. The van der Waals surface area contributed by atoms with Crippen molar-refractivity contribution in [1.82, 2.24) is 0 Å². The van der Waals surface area contributed by atoms with Gasteiger partial charge in [-0.25, -0.2) is 0 Å². The number of hydrogen-bond acceptors (Lipinski definition) is 2. The van der Waals surface area contributed by atoms with Crippen LogP contribution >= 0.6 is 0 Å². The molecule has 0 fully saturated rings.